The molecule has 3 aliphatic carbocycles. The quantitative estimate of drug-likeness (QED) is 0.503. The summed E-state index contributed by atoms with van der Waals surface area (Å²) in [4.78, 5) is 14.9. The summed E-state index contributed by atoms with van der Waals surface area (Å²) in [6.07, 6.45) is 13.1. The van der Waals surface area contributed by atoms with Gasteiger partial charge in [0, 0.05) is 11.5 Å². The average Bonchev–Trinajstić information content (AvgIpc) is 2.77. The molecule has 2 bridgehead atoms. The SMILES string of the molecule is CN1CC[C@@]23CCCC[C@]2(C)[C@@H]1Cc1ccc(OCOC(=O)C2CCCCC2)cc13. The van der Waals surface area contributed by atoms with Gasteiger partial charge in [0.2, 0.25) is 6.79 Å². The summed E-state index contributed by atoms with van der Waals surface area (Å²) in [7, 11) is 2.32. The highest BCUT2D eigenvalue weighted by molar-refractivity contribution is 5.72. The van der Waals surface area contributed by atoms with Crippen molar-refractivity contribution >= 4 is 5.97 Å². The van der Waals surface area contributed by atoms with Gasteiger partial charge in [-0.1, -0.05) is 45.1 Å². The molecular weight excluding hydrogens is 374 g/mol. The standard InChI is InChI=1S/C26H37NO3/c1-25-12-6-7-13-26(25)14-15-27(2)23(25)16-20-10-11-21(17-22(20)26)29-18-30-24(28)19-8-4-3-5-9-19/h10-11,17,19,23H,3-9,12-16,18H2,1-2H3/t23-,25+,26+/m0/s1. The van der Waals surface area contributed by atoms with Crippen molar-refractivity contribution in [3.8, 4) is 5.75 Å². The number of likely N-dealkylation sites (tertiary alicyclic amines) is 1. The van der Waals surface area contributed by atoms with Crippen LogP contribution in [0.4, 0.5) is 0 Å². The fourth-order valence-electron chi connectivity index (χ4n) is 7.40. The number of benzene rings is 1. The van der Waals surface area contributed by atoms with Gasteiger partial charge in [-0.2, -0.15) is 0 Å². The fraction of sp³-hybridized carbons (Fsp3) is 0.731. The van der Waals surface area contributed by atoms with Crippen molar-refractivity contribution in [2.75, 3.05) is 20.4 Å². The van der Waals surface area contributed by atoms with E-state index in [0.29, 0.717) is 11.5 Å². The van der Waals surface area contributed by atoms with Crippen LogP contribution in [0.2, 0.25) is 0 Å². The first kappa shape index (κ1) is 20.4. The van der Waals surface area contributed by atoms with Gasteiger partial charge in [-0.05, 0) is 80.8 Å². The number of likely N-dealkylation sites (N-methyl/N-ethyl adjacent to an activating group) is 1. The minimum absolute atomic E-state index is 0.0315. The Kier molecular flexibility index (Phi) is 5.33. The molecule has 4 heteroatoms. The summed E-state index contributed by atoms with van der Waals surface area (Å²) in [6, 6.07) is 7.28. The predicted molar refractivity (Wildman–Crippen MR) is 118 cm³/mol. The second-order valence-electron chi connectivity index (χ2n) is 10.5. The smallest absolute Gasteiger partial charge is 0.311 e. The van der Waals surface area contributed by atoms with Crippen molar-refractivity contribution in [3.05, 3.63) is 29.3 Å². The van der Waals surface area contributed by atoms with Crippen molar-refractivity contribution in [1.82, 2.24) is 4.90 Å². The van der Waals surface area contributed by atoms with E-state index in [0.717, 1.165) is 37.9 Å². The van der Waals surface area contributed by atoms with E-state index in [-0.39, 0.29) is 24.1 Å². The molecule has 0 amide bonds. The van der Waals surface area contributed by atoms with Crippen molar-refractivity contribution in [2.24, 2.45) is 11.3 Å². The molecule has 1 aromatic rings. The third-order valence-corrected chi connectivity index (χ3v) is 9.18. The molecule has 0 unspecified atom stereocenters. The van der Waals surface area contributed by atoms with Crippen LogP contribution in [0.3, 0.4) is 0 Å². The van der Waals surface area contributed by atoms with Gasteiger partial charge >= 0.3 is 5.97 Å². The van der Waals surface area contributed by atoms with Crippen molar-refractivity contribution in [2.45, 2.75) is 89.0 Å². The number of rotatable bonds is 4. The average molecular weight is 412 g/mol. The summed E-state index contributed by atoms with van der Waals surface area (Å²) in [5.41, 5.74) is 3.63. The lowest BCUT2D eigenvalue weighted by Gasteiger charge is -2.65. The fourth-order valence-corrected chi connectivity index (χ4v) is 7.40. The normalized spacial score (nSPS) is 34.0. The van der Waals surface area contributed by atoms with Gasteiger partial charge in [0.15, 0.2) is 0 Å². The number of carbonyl (C=O) groups excluding carboxylic acids is 1. The van der Waals surface area contributed by atoms with Crippen LogP contribution in [-0.4, -0.2) is 37.3 Å². The molecule has 164 valence electrons. The van der Waals surface area contributed by atoms with E-state index in [2.05, 4.69) is 37.1 Å². The Labute approximate surface area is 181 Å². The topological polar surface area (TPSA) is 38.8 Å². The Balaban J connectivity index is 1.34. The molecule has 0 radical (unpaired) electrons. The van der Waals surface area contributed by atoms with Gasteiger partial charge in [0.25, 0.3) is 0 Å². The zero-order chi connectivity index (χ0) is 20.8. The van der Waals surface area contributed by atoms with Crippen LogP contribution in [0.5, 0.6) is 5.75 Å². The third kappa shape index (κ3) is 3.18. The van der Waals surface area contributed by atoms with Crippen molar-refractivity contribution in [1.29, 1.82) is 0 Å². The van der Waals surface area contributed by atoms with Gasteiger partial charge in [-0.3, -0.25) is 4.79 Å². The number of fused-ring (bicyclic) bond motifs is 1. The summed E-state index contributed by atoms with van der Waals surface area (Å²) in [5.74, 6) is 0.845. The highest BCUT2D eigenvalue weighted by Gasteiger charge is 2.60. The maximum atomic E-state index is 12.3. The number of hydrogen-bond acceptors (Lipinski definition) is 4. The third-order valence-electron chi connectivity index (χ3n) is 9.18. The Bertz CT molecular complexity index is 801. The Morgan fingerprint density at radius 1 is 1.10 bits per heavy atom. The molecule has 2 saturated carbocycles. The van der Waals surface area contributed by atoms with Crippen molar-refractivity contribution < 1.29 is 14.3 Å². The van der Waals surface area contributed by atoms with Crippen LogP contribution >= 0.6 is 0 Å². The predicted octanol–water partition coefficient (Wildman–Crippen LogP) is 5.22. The maximum absolute atomic E-state index is 12.3. The summed E-state index contributed by atoms with van der Waals surface area (Å²) in [6.45, 7) is 3.77. The summed E-state index contributed by atoms with van der Waals surface area (Å²) in [5, 5.41) is 0. The summed E-state index contributed by atoms with van der Waals surface area (Å²) >= 11 is 0. The lowest BCUT2D eigenvalue weighted by atomic mass is 9.45. The Hall–Kier alpha value is -1.55. The van der Waals surface area contributed by atoms with E-state index in [1.54, 1.807) is 0 Å². The molecule has 1 saturated heterocycles. The number of hydrogen-bond donors (Lipinski definition) is 0. The van der Waals surface area contributed by atoms with Crippen LogP contribution in [-0.2, 0) is 21.4 Å². The molecular formula is C26H37NO3. The van der Waals surface area contributed by atoms with Gasteiger partial charge in [0.1, 0.15) is 5.75 Å². The molecule has 3 fully saturated rings. The molecule has 0 N–H and O–H groups in total. The zero-order valence-corrected chi connectivity index (χ0v) is 18.8. The maximum Gasteiger partial charge on any atom is 0.311 e. The molecule has 3 atom stereocenters. The first-order valence-electron chi connectivity index (χ1n) is 12.2. The van der Waals surface area contributed by atoms with Crippen molar-refractivity contribution in [3.63, 3.8) is 0 Å². The van der Waals surface area contributed by atoms with E-state index in [1.165, 1.54) is 56.2 Å². The minimum Gasteiger partial charge on any atom is -0.457 e. The second kappa shape index (κ2) is 7.85. The Morgan fingerprint density at radius 2 is 1.90 bits per heavy atom. The number of carbonyl (C=O) groups is 1. The van der Waals surface area contributed by atoms with Crippen LogP contribution in [0.15, 0.2) is 18.2 Å². The van der Waals surface area contributed by atoms with Crippen LogP contribution in [0.1, 0.15) is 82.3 Å². The van der Waals surface area contributed by atoms with Crippen LogP contribution < -0.4 is 4.74 Å². The zero-order valence-electron chi connectivity index (χ0n) is 18.8. The minimum atomic E-state index is -0.0794. The van der Waals surface area contributed by atoms with Gasteiger partial charge < -0.3 is 14.4 Å². The molecule has 4 nitrogen and oxygen atoms in total. The van der Waals surface area contributed by atoms with E-state index < -0.39 is 0 Å². The second-order valence-corrected chi connectivity index (χ2v) is 10.5. The summed E-state index contributed by atoms with van der Waals surface area (Å²) < 4.78 is 11.4. The number of esters is 1. The van der Waals surface area contributed by atoms with E-state index in [9.17, 15) is 4.79 Å². The highest BCUT2D eigenvalue weighted by atomic mass is 16.7. The van der Waals surface area contributed by atoms with E-state index in [4.69, 9.17) is 9.47 Å². The highest BCUT2D eigenvalue weighted by Crippen LogP contribution is 2.62. The number of nitrogens with zero attached hydrogens (tertiary/aromatic N) is 1. The number of ether oxygens (including phenoxy) is 2. The van der Waals surface area contributed by atoms with Crippen LogP contribution in [0, 0.1) is 11.3 Å². The van der Waals surface area contributed by atoms with E-state index >= 15 is 0 Å². The molecule has 0 spiro atoms. The van der Waals surface area contributed by atoms with Gasteiger partial charge in [-0.25, -0.2) is 0 Å². The van der Waals surface area contributed by atoms with Crippen LogP contribution in [0.25, 0.3) is 0 Å². The van der Waals surface area contributed by atoms with Gasteiger partial charge in [0.05, 0.1) is 5.92 Å². The molecule has 1 aromatic carbocycles. The largest absolute Gasteiger partial charge is 0.457 e. The monoisotopic (exact) mass is 411 g/mol. The Morgan fingerprint density at radius 3 is 2.73 bits per heavy atom. The number of piperidine rings is 1. The first-order valence-corrected chi connectivity index (χ1v) is 12.2. The molecule has 0 aromatic heterocycles. The first-order chi connectivity index (χ1) is 14.5. The van der Waals surface area contributed by atoms with Gasteiger partial charge in [-0.15, -0.1) is 0 Å². The lowest BCUT2D eigenvalue weighted by molar-refractivity contribution is -0.156. The lowest BCUT2D eigenvalue weighted by Crippen LogP contribution is -2.66. The molecule has 30 heavy (non-hydrogen) atoms. The molecule has 4 aliphatic rings. The molecule has 1 aliphatic heterocycles. The van der Waals surface area contributed by atoms with E-state index in [1.807, 2.05) is 0 Å². The molecule has 1 heterocycles. The molecule has 5 rings (SSSR count).